The van der Waals surface area contributed by atoms with E-state index in [2.05, 4.69) is 17.1 Å². The Kier molecular flexibility index (Phi) is 7.13. The van der Waals surface area contributed by atoms with Crippen LogP contribution in [0.15, 0.2) is 66.0 Å². The summed E-state index contributed by atoms with van der Waals surface area (Å²) in [5.74, 6) is 0.101. The number of hydrogen-bond acceptors (Lipinski definition) is 4. The molecule has 0 fully saturated rings. The second-order valence-corrected chi connectivity index (χ2v) is 7.46. The van der Waals surface area contributed by atoms with Gasteiger partial charge in [-0.2, -0.15) is 0 Å². The number of carbonyl (C=O) groups excluding carboxylic acids is 1. The molecule has 0 aliphatic carbocycles. The summed E-state index contributed by atoms with van der Waals surface area (Å²) >= 11 is 1.62. The predicted molar refractivity (Wildman–Crippen MR) is 111 cm³/mol. The molecule has 3 rings (SSSR count). The number of amides is 1. The monoisotopic (exact) mass is 379 g/mol. The first kappa shape index (κ1) is 19.3. The topological polar surface area (TPSA) is 59.2 Å². The first-order chi connectivity index (χ1) is 13.2. The quantitative estimate of drug-likeness (QED) is 0.617. The molecular weight excluding hydrogens is 354 g/mol. The van der Waals surface area contributed by atoms with Gasteiger partial charge in [0.15, 0.2) is 0 Å². The standard InChI is InChI=1S/C22H25N3OS/c23-12-7-13-25(16-19-10-5-2-6-11-19)22(26)15-20-17-27-21(24-20)14-18-8-3-1-4-9-18/h1-6,8-11,17H,7,12-16,23H2. The van der Waals surface area contributed by atoms with Crippen molar-refractivity contribution in [3.8, 4) is 0 Å². The Labute approximate surface area is 164 Å². The van der Waals surface area contributed by atoms with Crippen LogP contribution in [-0.2, 0) is 24.2 Å². The zero-order valence-electron chi connectivity index (χ0n) is 15.4. The van der Waals surface area contributed by atoms with Crippen LogP contribution in [0.3, 0.4) is 0 Å². The molecule has 0 unspecified atom stereocenters. The van der Waals surface area contributed by atoms with Gasteiger partial charge in [0.1, 0.15) is 0 Å². The third-order valence-corrected chi connectivity index (χ3v) is 5.23. The van der Waals surface area contributed by atoms with Gasteiger partial charge < -0.3 is 10.6 Å². The molecule has 0 aliphatic rings. The molecular formula is C22H25N3OS. The molecule has 140 valence electrons. The van der Waals surface area contributed by atoms with Crippen LogP contribution in [0.5, 0.6) is 0 Å². The van der Waals surface area contributed by atoms with Crippen LogP contribution in [-0.4, -0.2) is 28.9 Å². The first-order valence-corrected chi connectivity index (χ1v) is 10.1. The molecule has 0 saturated carbocycles. The number of rotatable bonds is 9. The smallest absolute Gasteiger partial charge is 0.228 e. The van der Waals surface area contributed by atoms with Crippen LogP contribution < -0.4 is 5.73 Å². The van der Waals surface area contributed by atoms with E-state index in [9.17, 15) is 4.79 Å². The summed E-state index contributed by atoms with van der Waals surface area (Å²) in [6.07, 6.45) is 1.94. The average Bonchev–Trinajstić information content (AvgIpc) is 3.13. The van der Waals surface area contributed by atoms with Crippen molar-refractivity contribution in [2.75, 3.05) is 13.1 Å². The lowest BCUT2D eigenvalue weighted by Gasteiger charge is -2.22. The van der Waals surface area contributed by atoms with E-state index in [1.54, 1.807) is 11.3 Å². The molecule has 1 heterocycles. The summed E-state index contributed by atoms with van der Waals surface area (Å²) in [4.78, 5) is 19.4. The maximum Gasteiger partial charge on any atom is 0.228 e. The van der Waals surface area contributed by atoms with Crippen molar-refractivity contribution in [3.63, 3.8) is 0 Å². The maximum atomic E-state index is 12.8. The Balaban J connectivity index is 1.62. The van der Waals surface area contributed by atoms with E-state index in [1.165, 1.54) is 5.56 Å². The van der Waals surface area contributed by atoms with Gasteiger partial charge in [-0.15, -0.1) is 11.3 Å². The second-order valence-electron chi connectivity index (χ2n) is 6.51. The van der Waals surface area contributed by atoms with Crippen molar-refractivity contribution in [2.24, 2.45) is 5.73 Å². The Morgan fingerprint density at radius 2 is 1.67 bits per heavy atom. The number of aromatic nitrogens is 1. The summed E-state index contributed by atoms with van der Waals surface area (Å²) in [5, 5.41) is 3.04. The fraction of sp³-hybridized carbons (Fsp3) is 0.273. The van der Waals surface area contributed by atoms with E-state index in [0.29, 0.717) is 26.1 Å². The molecule has 0 radical (unpaired) electrons. The zero-order valence-corrected chi connectivity index (χ0v) is 16.2. The van der Waals surface area contributed by atoms with E-state index in [4.69, 9.17) is 5.73 Å². The van der Waals surface area contributed by atoms with Crippen molar-refractivity contribution in [1.29, 1.82) is 0 Å². The molecule has 0 saturated heterocycles. The molecule has 0 spiro atoms. The molecule has 1 aromatic heterocycles. The minimum absolute atomic E-state index is 0.101. The lowest BCUT2D eigenvalue weighted by Crippen LogP contribution is -2.33. The minimum atomic E-state index is 0.101. The van der Waals surface area contributed by atoms with Gasteiger partial charge in [0.2, 0.25) is 5.91 Å². The number of hydrogen-bond donors (Lipinski definition) is 1. The zero-order chi connectivity index (χ0) is 18.9. The van der Waals surface area contributed by atoms with Crippen LogP contribution >= 0.6 is 11.3 Å². The number of nitrogens with two attached hydrogens (primary N) is 1. The fourth-order valence-electron chi connectivity index (χ4n) is 2.93. The summed E-state index contributed by atoms with van der Waals surface area (Å²) in [5.41, 5.74) is 8.86. The number of thiazole rings is 1. The molecule has 4 nitrogen and oxygen atoms in total. The first-order valence-electron chi connectivity index (χ1n) is 9.23. The lowest BCUT2D eigenvalue weighted by molar-refractivity contribution is -0.131. The van der Waals surface area contributed by atoms with Crippen molar-refractivity contribution in [2.45, 2.75) is 25.8 Å². The van der Waals surface area contributed by atoms with Crippen molar-refractivity contribution >= 4 is 17.2 Å². The van der Waals surface area contributed by atoms with Crippen LogP contribution in [0.4, 0.5) is 0 Å². The lowest BCUT2D eigenvalue weighted by atomic mass is 10.1. The van der Waals surface area contributed by atoms with Crippen molar-refractivity contribution in [3.05, 3.63) is 87.9 Å². The highest BCUT2D eigenvalue weighted by molar-refractivity contribution is 7.09. The molecule has 1 amide bonds. The van der Waals surface area contributed by atoms with Crippen LogP contribution in [0.25, 0.3) is 0 Å². The minimum Gasteiger partial charge on any atom is -0.338 e. The molecule has 27 heavy (non-hydrogen) atoms. The molecule has 2 N–H and O–H groups in total. The Bertz CT molecular complexity index is 833. The van der Waals surface area contributed by atoms with Crippen LogP contribution in [0.2, 0.25) is 0 Å². The van der Waals surface area contributed by atoms with Gasteiger partial charge >= 0.3 is 0 Å². The third kappa shape index (κ3) is 6.01. The summed E-state index contributed by atoms with van der Waals surface area (Å²) < 4.78 is 0. The normalized spacial score (nSPS) is 10.7. The largest absolute Gasteiger partial charge is 0.338 e. The highest BCUT2D eigenvalue weighted by atomic mass is 32.1. The average molecular weight is 380 g/mol. The second kappa shape index (κ2) is 10.00. The summed E-state index contributed by atoms with van der Waals surface area (Å²) in [6.45, 7) is 1.86. The molecule has 0 atom stereocenters. The van der Waals surface area contributed by atoms with E-state index >= 15 is 0 Å². The Hall–Kier alpha value is -2.50. The number of benzene rings is 2. The molecule has 3 aromatic rings. The van der Waals surface area contributed by atoms with E-state index < -0.39 is 0 Å². The van der Waals surface area contributed by atoms with Gasteiger partial charge in [-0.3, -0.25) is 4.79 Å². The van der Waals surface area contributed by atoms with Crippen LogP contribution in [0, 0.1) is 0 Å². The SMILES string of the molecule is NCCCN(Cc1ccccc1)C(=O)Cc1csc(Cc2ccccc2)n1. The third-order valence-electron chi connectivity index (χ3n) is 4.33. The van der Waals surface area contributed by atoms with Gasteiger partial charge in [-0.25, -0.2) is 4.98 Å². The van der Waals surface area contributed by atoms with E-state index in [1.807, 2.05) is 58.8 Å². The number of nitrogens with zero attached hydrogens (tertiary/aromatic N) is 2. The van der Waals surface area contributed by atoms with Gasteiger partial charge in [-0.1, -0.05) is 60.7 Å². The van der Waals surface area contributed by atoms with Gasteiger partial charge in [0, 0.05) is 24.9 Å². The molecule has 2 aromatic carbocycles. The van der Waals surface area contributed by atoms with Crippen LogP contribution in [0.1, 0.15) is 28.2 Å². The van der Waals surface area contributed by atoms with E-state index in [-0.39, 0.29) is 5.91 Å². The fourth-order valence-corrected chi connectivity index (χ4v) is 3.75. The summed E-state index contributed by atoms with van der Waals surface area (Å²) in [6, 6.07) is 20.3. The van der Waals surface area contributed by atoms with Gasteiger partial charge in [0.25, 0.3) is 0 Å². The van der Waals surface area contributed by atoms with E-state index in [0.717, 1.165) is 29.1 Å². The van der Waals surface area contributed by atoms with Crippen molar-refractivity contribution < 1.29 is 4.79 Å². The molecule has 0 aliphatic heterocycles. The van der Waals surface area contributed by atoms with Crippen molar-refractivity contribution in [1.82, 2.24) is 9.88 Å². The van der Waals surface area contributed by atoms with Gasteiger partial charge in [-0.05, 0) is 24.1 Å². The Morgan fingerprint density at radius 3 is 2.33 bits per heavy atom. The molecule has 5 heteroatoms. The maximum absolute atomic E-state index is 12.8. The number of carbonyl (C=O) groups is 1. The van der Waals surface area contributed by atoms with Gasteiger partial charge in [0.05, 0.1) is 17.1 Å². The summed E-state index contributed by atoms with van der Waals surface area (Å²) in [7, 11) is 0. The predicted octanol–water partition coefficient (Wildman–Crippen LogP) is 3.65. The molecule has 0 bridgehead atoms. The highest BCUT2D eigenvalue weighted by Crippen LogP contribution is 2.16. The highest BCUT2D eigenvalue weighted by Gasteiger charge is 2.16. The Morgan fingerprint density at radius 1 is 1.00 bits per heavy atom.